The normalized spacial score (nSPS) is 12.5. The molecular weight excluding hydrogens is 306 g/mol. The van der Waals surface area contributed by atoms with E-state index in [9.17, 15) is 0 Å². The van der Waals surface area contributed by atoms with E-state index >= 15 is 0 Å². The monoisotopic (exact) mass is 325 g/mol. The molecule has 0 radical (unpaired) electrons. The first-order chi connectivity index (χ1) is 10.2. The van der Waals surface area contributed by atoms with E-state index in [1.807, 2.05) is 24.3 Å². The first-order valence-electron chi connectivity index (χ1n) is 7.10. The highest BCUT2D eigenvalue weighted by atomic mass is 35.5. The number of halogens is 1. The number of nitrogens with zero attached hydrogens (tertiary/aromatic N) is 2. The van der Waals surface area contributed by atoms with Crippen molar-refractivity contribution in [2.24, 2.45) is 0 Å². The molecule has 1 unspecified atom stereocenters. The average molecular weight is 326 g/mol. The highest BCUT2D eigenvalue weighted by molar-refractivity contribution is 7.98. The summed E-state index contributed by atoms with van der Waals surface area (Å²) in [5.41, 5.74) is 0. The number of rotatable bonds is 8. The molecule has 1 aromatic heterocycles. The van der Waals surface area contributed by atoms with E-state index in [1.54, 1.807) is 11.8 Å². The second-order valence-electron chi connectivity index (χ2n) is 4.85. The largest absolute Gasteiger partial charge is 0.339 e. The highest BCUT2D eigenvalue weighted by Crippen LogP contribution is 2.24. The second-order valence-corrected chi connectivity index (χ2v) is 6.33. The molecule has 6 heteroatoms. The minimum atomic E-state index is 0.464. The Balaban J connectivity index is 1.80. The summed E-state index contributed by atoms with van der Waals surface area (Å²) in [6, 6.07) is 8.23. The SMILES string of the molecule is CCNC(C)CCc1nc(CSc2cccc(Cl)c2)no1. The molecule has 0 bridgehead atoms. The number of nitrogens with one attached hydrogen (secondary N) is 1. The summed E-state index contributed by atoms with van der Waals surface area (Å²) < 4.78 is 5.28. The maximum absolute atomic E-state index is 5.96. The average Bonchev–Trinajstić information content (AvgIpc) is 2.91. The van der Waals surface area contributed by atoms with Crippen molar-refractivity contribution < 1.29 is 4.52 Å². The summed E-state index contributed by atoms with van der Waals surface area (Å²) in [4.78, 5) is 5.53. The Kier molecular flexibility index (Phi) is 6.54. The minimum Gasteiger partial charge on any atom is -0.339 e. The molecular formula is C15H20ClN3OS. The fourth-order valence-corrected chi connectivity index (χ4v) is 3.00. The van der Waals surface area contributed by atoms with E-state index < -0.39 is 0 Å². The van der Waals surface area contributed by atoms with E-state index in [0.29, 0.717) is 17.7 Å². The third kappa shape index (κ3) is 5.69. The Hall–Kier alpha value is -1.04. The van der Waals surface area contributed by atoms with Gasteiger partial charge in [-0.15, -0.1) is 11.8 Å². The molecule has 4 nitrogen and oxygen atoms in total. The number of benzene rings is 1. The molecule has 0 amide bonds. The van der Waals surface area contributed by atoms with Crippen LogP contribution in [-0.4, -0.2) is 22.7 Å². The van der Waals surface area contributed by atoms with Gasteiger partial charge in [0, 0.05) is 22.4 Å². The molecule has 2 rings (SSSR count). The lowest BCUT2D eigenvalue weighted by atomic mass is 10.2. The van der Waals surface area contributed by atoms with Crippen LogP contribution in [0, 0.1) is 0 Å². The quantitative estimate of drug-likeness (QED) is 0.745. The van der Waals surface area contributed by atoms with Gasteiger partial charge >= 0.3 is 0 Å². The van der Waals surface area contributed by atoms with E-state index in [4.69, 9.17) is 16.1 Å². The van der Waals surface area contributed by atoms with Crippen molar-refractivity contribution in [3.05, 3.63) is 41.0 Å². The Bertz CT molecular complexity index is 561. The van der Waals surface area contributed by atoms with Crippen molar-refractivity contribution in [1.82, 2.24) is 15.5 Å². The van der Waals surface area contributed by atoms with Crippen molar-refractivity contribution in [3.8, 4) is 0 Å². The van der Waals surface area contributed by atoms with E-state index in [2.05, 4.69) is 29.3 Å². The summed E-state index contributed by atoms with van der Waals surface area (Å²) in [5, 5.41) is 8.13. The molecule has 1 N–H and O–H groups in total. The first-order valence-corrected chi connectivity index (χ1v) is 8.47. The second kappa shape index (κ2) is 8.41. The van der Waals surface area contributed by atoms with Crippen molar-refractivity contribution in [2.45, 2.75) is 43.4 Å². The lowest BCUT2D eigenvalue weighted by molar-refractivity contribution is 0.364. The molecule has 0 aliphatic rings. The molecule has 114 valence electrons. The number of aryl methyl sites for hydroxylation is 1. The van der Waals surface area contributed by atoms with Gasteiger partial charge in [-0.3, -0.25) is 0 Å². The Morgan fingerprint density at radius 2 is 2.29 bits per heavy atom. The van der Waals surface area contributed by atoms with Crippen LogP contribution >= 0.6 is 23.4 Å². The van der Waals surface area contributed by atoms with Gasteiger partial charge in [0.25, 0.3) is 0 Å². The van der Waals surface area contributed by atoms with Gasteiger partial charge in [-0.2, -0.15) is 4.98 Å². The number of hydrogen-bond donors (Lipinski definition) is 1. The molecule has 21 heavy (non-hydrogen) atoms. The predicted molar refractivity (Wildman–Crippen MR) is 86.8 cm³/mol. The maximum Gasteiger partial charge on any atom is 0.226 e. The van der Waals surface area contributed by atoms with Gasteiger partial charge < -0.3 is 9.84 Å². The van der Waals surface area contributed by atoms with E-state index in [1.165, 1.54) is 0 Å². The van der Waals surface area contributed by atoms with Crippen LogP contribution in [0.25, 0.3) is 0 Å². The Morgan fingerprint density at radius 3 is 3.05 bits per heavy atom. The van der Waals surface area contributed by atoms with Crippen LogP contribution in [0.1, 0.15) is 32.0 Å². The Morgan fingerprint density at radius 1 is 1.43 bits per heavy atom. The van der Waals surface area contributed by atoms with Crippen LogP contribution in [0.2, 0.25) is 5.02 Å². The van der Waals surface area contributed by atoms with Crippen LogP contribution in [-0.2, 0) is 12.2 Å². The number of aromatic nitrogens is 2. The van der Waals surface area contributed by atoms with E-state index in [0.717, 1.165) is 35.1 Å². The highest BCUT2D eigenvalue weighted by Gasteiger charge is 2.09. The van der Waals surface area contributed by atoms with Gasteiger partial charge in [0.05, 0.1) is 5.75 Å². The molecule has 1 aromatic carbocycles. The minimum absolute atomic E-state index is 0.464. The molecule has 2 aromatic rings. The Labute approximate surface area is 134 Å². The van der Waals surface area contributed by atoms with Crippen LogP contribution in [0.15, 0.2) is 33.7 Å². The lowest BCUT2D eigenvalue weighted by Crippen LogP contribution is -2.25. The molecule has 0 saturated carbocycles. The molecule has 0 aliphatic heterocycles. The van der Waals surface area contributed by atoms with E-state index in [-0.39, 0.29) is 0 Å². The van der Waals surface area contributed by atoms with Crippen LogP contribution in [0.3, 0.4) is 0 Å². The van der Waals surface area contributed by atoms with Crippen molar-refractivity contribution in [3.63, 3.8) is 0 Å². The molecule has 0 spiro atoms. The predicted octanol–water partition coefficient (Wildman–Crippen LogP) is 3.95. The molecule has 0 aliphatic carbocycles. The zero-order chi connectivity index (χ0) is 15.1. The zero-order valence-corrected chi connectivity index (χ0v) is 13.9. The standard InChI is InChI=1S/C15H20ClN3OS/c1-3-17-11(2)7-8-15-18-14(19-20-15)10-21-13-6-4-5-12(16)9-13/h4-6,9,11,17H,3,7-8,10H2,1-2H3. The summed E-state index contributed by atoms with van der Waals surface area (Å²) in [6.07, 6.45) is 1.81. The van der Waals surface area contributed by atoms with Gasteiger partial charge in [0.15, 0.2) is 5.82 Å². The topological polar surface area (TPSA) is 51.0 Å². The van der Waals surface area contributed by atoms with Gasteiger partial charge in [0.2, 0.25) is 5.89 Å². The summed E-state index contributed by atoms with van der Waals surface area (Å²) in [5.74, 6) is 2.12. The van der Waals surface area contributed by atoms with Crippen molar-refractivity contribution in [2.75, 3.05) is 6.54 Å². The third-order valence-electron chi connectivity index (χ3n) is 3.02. The van der Waals surface area contributed by atoms with Gasteiger partial charge in [0.1, 0.15) is 0 Å². The number of hydrogen-bond acceptors (Lipinski definition) is 5. The summed E-state index contributed by atoms with van der Waals surface area (Å²) >= 11 is 7.61. The van der Waals surface area contributed by atoms with Gasteiger partial charge in [-0.25, -0.2) is 0 Å². The van der Waals surface area contributed by atoms with Crippen LogP contribution in [0.5, 0.6) is 0 Å². The first kappa shape index (κ1) is 16.3. The fourth-order valence-electron chi connectivity index (χ4n) is 1.95. The van der Waals surface area contributed by atoms with Crippen LogP contribution in [0.4, 0.5) is 0 Å². The third-order valence-corrected chi connectivity index (χ3v) is 4.24. The van der Waals surface area contributed by atoms with Crippen molar-refractivity contribution >= 4 is 23.4 Å². The maximum atomic E-state index is 5.96. The molecule has 1 atom stereocenters. The smallest absolute Gasteiger partial charge is 0.226 e. The van der Waals surface area contributed by atoms with Gasteiger partial charge in [-0.1, -0.05) is 29.7 Å². The van der Waals surface area contributed by atoms with Crippen LogP contribution < -0.4 is 5.32 Å². The zero-order valence-electron chi connectivity index (χ0n) is 12.3. The number of thioether (sulfide) groups is 1. The lowest BCUT2D eigenvalue weighted by Gasteiger charge is -2.09. The molecule has 0 fully saturated rings. The fraction of sp³-hybridized carbons (Fsp3) is 0.467. The molecule has 0 saturated heterocycles. The summed E-state index contributed by atoms with van der Waals surface area (Å²) in [7, 11) is 0. The molecule has 1 heterocycles. The van der Waals surface area contributed by atoms with Crippen molar-refractivity contribution in [1.29, 1.82) is 0 Å². The van der Waals surface area contributed by atoms with Gasteiger partial charge in [-0.05, 0) is 38.1 Å². The summed E-state index contributed by atoms with van der Waals surface area (Å²) in [6.45, 7) is 5.25.